The number of carbonyl (C=O) groups excluding carboxylic acids is 1. The number of hydrogen-bond donors (Lipinski definition) is 1. The fraction of sp³-hybridized carbons (Fsp3) is 0.933. The third-order valence-electron chi connectivity index (χ3n) is 6.12. The molecule has 0 aromatic carbocycles. The average molecular weight is 281 g/mol. The number of amides is 1. The molecule has 4 aliphatic heterocycles. The monoisotopic (exact) mass is 281 g/mol. The van der Waals surface area contributed by atoms with Gasteiger partial charge >= 0.3 is 0 Å². The van der Waals surface area contributed by atoms with Gasteiger partial charge in [-0.3, -0.25) is 4.79 Å². The van der Waals surface area contributed by atoms with E-state index in [1.807, 2.05) is 13.8 Å². The fourth-order valence-corrected chi connectivity index (χ4v) is 4.92. The highest BCUT2D eigenvalue weighted by molar-refractivity contribution is 5.80. The maximum atomic E-state index is 12.2. The minimum Gasteiger partial charge on any atom is -0.328 e. The molecule has 5 rings (SSSR count). The van der Waals surface area contributed by atoms with E-state index in [9.17, 15) is 4.79 Å². The van der Waals surface area contributed by atoms with Crippen molar-refractivity contribution in [2.45, 2.75) is 64.1 Å². The molecule has 1 amide bonds. The van der Waals surface area contributed by atoms with Crippen LogP contribution in [0.15, 0.2) is 0 Å². The molecule has 4 heterocycles. The second kappa shape index (κ2) is 3.96. The molecule has 0 aromatic rings. The maximum absolute atomic E-state index is 12.2. The number of ether oxygens (including phenoxy) is 1. The van der Waals surface area contributed by atoms with Crippen molar-refractivity contribution in [3.05, 3.63) is 0 Å². The summed E-state index contributed by atoms with van der Waals surface area (Å²) in [7, 11) is 0. The molecule has 20 heavy (non-hydrogen) atoms. The predicted octanol–water partition coefficient (Wildman–Crippen LogP) is 1.97. The Hall–Kier alpha value is -0.650. The Balaban J connectivity index is 1.84. The summed E-state index contributed by atoms with van der Waals surface area (Å²) in [5.41, 5.74) is -0.499. The van der Waals surface area contributed by atoms with Crippen LogP contribution < -0.4 is 5.32 Å². The molecule has 5 heteroatoms. The van der Waals surface area contributed by atoms with Crippen molar-refractivity contribution < 1.29 is 19.3 Å². The number of piperidine rings is 1. The smallest absolute Gasteiger partial charge is 0.225 e. The van der Waals surface area contributed by atoms with Crippen molar-refractivity contribution in [2.75, 3.05) is 0 Å². The van der Waals surface area contributed by atoms with E-state index in [4.69, 9.17) is 14.5 Å². The van der Waals surface area contributed by atoms with E-state index < -0.39 is 11.4 Å². The van der Waals surface area contributed by atoms with Gasteiger partial charge in [0.15, 0.2) is 11.8 Å². The van der Waals surface area contributed by atoms with E-state index in [-0.39, 0.29) is 24.0 Å². The third kappa shape index (κ3) is 1.46. The summed E-state index contributed by atoms with van der Waals surface area (Å²) in [5.74, 6) is 0.452. The van der Waals surface area contributed by atoms with Gasteiger partial charge in [-0.25, -0.2) is 9.78 Å². The molecular formula is C15H23NO4. The largest absolute Gasteiger partial charge is 0.328 e. The number of carbonyl (C=O) groups is 1. The van der Waals surface area contributed by atoms with Gasteiger partial charge in [0.25, 0.3) is 0 Å². The minimum absolute atomic E-state index is 0.0455. The summed E-state index contributed by atoms with van der Waals surface area (Å²) in [6.07, 6.45) is 3.64. The lowest BCUT2D eigenvalue weighted by Gasteiger charge is -2.58. The fourth-order valence-electron chi connectivity index (χ4n) is 4.92. The summed E-state index contributed by atoms with van der Waals surface area (Å²) in [5, 5.41) is 3.04. The van der Waals surface area contributed by atoms with Crippen LogP contribution in [0.25, 0.3) is 0 Å². The van der Waals surface area contributed by atoms with Crippen LogP contribution in [0.3, 0.4) is 0 Å². The van der Waals surface area contributed by atoms with Crippen LogP contribution in [-0.2, 0) is 19.3 Å². The van der Waals surface area contributed by atoms with Gasteiger partial charge in [0, 0.05) is 18.3 Å². The van der Waals surface area contributed by atoms with Crippen molar-refractivity contribution in [3.8, 4) is 0 Å². The second-order valence-corrected chi connectivity index (χ2v) is 7.26. The molecule has 2 bridgehead atoms. The first kappa shape index (κ1) is 13.0. The van der Waals surface area contributed by atoms with Crippen molar-refractivity contribution in [3.63, 3.8) is 0 Å². The lowest BCUT2D eigenvalue weighted by Crippen LogP contribution is -2.74. The van der Waals surface area contributed by atoms with Gasteiger partial charge in [-0.05, 0) is 38.0 Å². The zero-order chi connectivity index (χ0) is 14.1. The molecule has 0 radical (unpaired) electrons. The summed E-state index contributed by atoms with van der Waals surface area (Å²) >= 11 is 0. The van der Waals surface area contributed by atoms with Gasteiger partial charge in [-0.1, -0.05) is 13.8 Å². The highest BCUT2D eigenvalue weighted by atomic mass is 17.3. The Labute approximate surface area is 119 Å². The Morgan fingerprint density at radius 3 is 2.75 bits per heavy atom. The minimum atomic E-state index is -0.731. The van der Waals surface area contributed by atoms with Gasteiger partial charge in [0.2, 0.25) is 11.7 Å². The van der Waals surface area contributed by atoms with Crippen molar-refractivity contribution in [2.24, 2.45) is 23.7 Å². The van der Waals surface area contributed by atoms with E-state index in [0.717, 1.165) is 25.7 Å². The average Bonchev–Trinajstić information content (AvgIpc) is 2.63. The van der Waals surface area contributed by atoms with E-state index in [1.54, 1.807) is 0 Å². The van der Waals surface area contributed by atoms with E-state index >= 15 is 0 Å². The molecule has 7 atom stereocenters. The zero-order valence-corrected chi connectivity index (χ0v) is 12.3. The van der Waals surface area contributed by atoms with Crippen molar-refractivity contribution >= 4 is 5.91 Å². The van der Waals surface area contributed by atoms with Crippen LogP contribution in [0.2, 0.25) is 0 Å². The lowest BCUT2D eigenvalue weighted by molar-refractivity contribution is -0.538. The molecule has 1 unspecified atom stereocenters. The van der Waals surface area contributed by atoms with Crippen LogP contribution in [-0.4, -0.2) is 23.5 Å². The molecule has 0 aromatic heterocycles. The Bertz CT molecular complexity index is 455. The lowest BCUT2D eigenvalue weighted by atomic mass is 9.57. The summed E-state index contributed by atoms with van der Waals surface area (Å²) in [4.78, 5) is 23.9. The molecule has 4 saturated heterocycles. The molecule has 1 saturated carbocycles. The number of rotatable bonds is 0. The maximum Gasteiger partial charge on any atom is 0.225 e. The molecular weight excluding hydrogens is 258 g/mol. The predicted molar refractivity (Wildman–Crippen MR) is 70.1 cm³/mol. The zero-order valence-electron chi connectivity index (χ0n) is 12.3. The van der Waals surface area contributed by atoms with Crippen LogP contribution in [0.4, 0.5) is 0 Å². The Kier molecular flexibility index (Phi) is 2.58. The van der Waals surface area contributed by atoms with Crippen molar-refractivity contribution in [1.82, 2.24) is 5.32 Å². The normalized spacial score (nSPS) is 57.8. The summed E-state index contributed by atoms with van der Waals surface area (Å²) in [6.45, 7) is 6.19. The first-order valence-electron chi connectivity index (χ1n) is 7.81. The molecule has 1 N–H and O–H groups in total. The first-order chi connectivity index (χ1) is 9.46. The summed E-state index contributed by atoms with van der Waals surface area (Å²) < 4.78 is 6.12. The molecule has 1 spiro atoms. The van der Waals surface area contributed by atoms with Gasteiger partial charge < -0.3 is 10.1 Å². The molecule has 112 valence electrons. The standard InChI is InChI=1S/C15H23NO4/c1-8-4-5-11-9(2)12(17)16-13-15(11)10(8)6-7-14(3,18-13)19-20-15/h8-11,13H,4-7H2,1-3H3,(H,16,17)/t8-,9-,10+,11+,13-,14+,15?/m1/s1. The van der Waals surface area contributed by atoms with Crippen molar-refractivity contribution in [1.29, 1.82) is 0 Å². The highest BCUT2D eigenvalue weighted by Gasteiger charge is 2.68. The number of hydrogen-bond acceptors (Lipinski definition) is 4. The first-order valence-corrected chi connectivity index (χ1v) is 7.81. The number of nitrogens with one attached hydrogen (secondary N) is 1. The third-order valence-corrected chi connectivity index (χ3v) is 6.12. The number of fused-ring (bicyclic) bond motifs is 2. The topological polar surface area (TPSA) is 56.8 Å². The Morgan fingerprint density at radius 2 is 1.95 bits per heavy atom. The van der Waals surface area contributed by atoms with Gasteiger partial charge in [-0.15, -0.1) is 0 Å². The quantitative estimate of drug-likeness (QED) is 0.690. The van der Waals surface area contributed by atoms with E-state index in [0.29, 0.717) is 11.8 Å². The molecule has 1 aliphatic carbocycles. The van der Waals surface area contributed by atoms with E-state index in [2.05, 4.69) is 12.2 Å². The molecule has 5 nitrogen and oxygen atoms in total. The highest BCUT2D eigenvalue weighted by Crippen LogP contribution is 2.58. The van der Waals surface area contributed by atoms with Gasteiger partial charge in [0.1, 0.15) is 0 Å². The van der Waals surface area contributed by atoms with Crippen LogP contribution in [0.5, 0.6) is 0 Å². The SMILES string of the molecule is C[C@@H]1CC[C@H]2[C@@H](C)C(=O)N[C@@H]3O[C@]4(C)CC[C@@H]1C32OO4. The van der Waals surface area contributed by atoms with Crippen LogP contribution in [0, 0.1) is 23.7 Å². The van der Waals surface area contributed by atoms with Crippen LogP contribution in [0.1, 0.15) is 46.5 Å². The molecule has 5 fully saturated rings. The molecule has 5 aliphatic rings. The van der Waals surface area contributed by atoms with Gasteiger partial charge in [-0.2, -0.15) is 0 Å². The Morgan fingerprint density at radius 1 is 1.15 bits per heavy atom. The summed E-state index contributed by atoms with van der Waals surface area (Å²) in [6, 6.07) is 0. The van der Waals surface area contributed by atoms with Gasteiger partial charge in [0.05, 0.1) is 0 Å². The second-order valence-electron chi connectivity index (χ2n) is 7.26. The van der Waals surface area contributed by atoms with Crippen LogP contribution >= 0.6 is 0 Å². The van der Waals surface area contributed by atoms with E-state index in [1.165, 1.54) is 0 Å².